The first-order valence-corrected chi connectivity index (χ1v) is 7.89. The highest BCUT2D eigenvalue weighted by Crippen LogP contribution is 2.25. The van der Waals surface area contributed by atoms with Crippen LogP contribution < -0.4 is 10.2 Å². The Bertz CT molecular complexity index is 517. The second-order valence-corrected chi connectivity index (χ2v) is 6.31. The summed E-state index contributed by atoms with van der Waals surface area (Å²) in [4.78, 5) is 21.3. The fourth-order valence-electron chi connectivity index (χ4n) is 3.30. The van der Waals surface area contributed by atoms with Crippen molar-refractivity contribution in [3.8, 4) is 0 Å². The molecule has 0 unspecified atom stereocenters. The number of piperazine rings is 1. The maximum Gasteiger partial charge on any atom is 0.270 e. The Morgan fingerprint density at radius 3 is 3.05 bits per heavy atom. The fourth-order valence-corrected chi connectivity index (χ4v) is 3.30. The lowest BCUT2D eigenvalue weighted by molar-refractivity contribution is 0.0938. The van der Waals surface area contributed by atoms with Crippen molar-refractivity contribution in [3.05, 3.63) is 24.0 Å². The van der Waals surface area contributed by atoms with Gasteiger partial charge in [-0.15, -0.1) is 0 Å². The zero-order valence-electron chi connectivity index (χ0n) is 12.9. The molecule has 21 heavy (non-hydrogen) atoms. The molecule has 2 aliphatic heterocycles. The summed E-state index contributed by atoms with van der Waals surface area (Å²) in [6, 6.07) is 4.74. The standard InChI is InChI=1S/C16H24N4O/c1-12(2)18-16(21)15-10-13(5-6-17-15)20-9-8-19-7-3-4-14(19)11-20/h5-6,10,12,14H,3-4,7-9,11H2,1-2H3,(H,18,21)/t14-/m1/s1. The van der Waals surface area contributed by atoms with Gasteiger partial charge in [0.25, 0.3) is 5.91 Å². The molecule has 1 aromatic rings. The minimum atomic E-state index is -0.0913. The van der Waals surface area contributed by atoms with E-state index >= 15 is 0 Å². The van der Waals surface area contributed by atoms with Crippen LogP contribution in [-0.2, 0) is 0 Å². The summed E-state index contributed by atoms with van der Waals surface area (Å²) >= 11 is 0. The predicted octanol–water partition coefficient (Wildman–Crippen LogP) is 1.50. The molecular formula is C16H24N4O. The number of carbonyl (C=O) groups is 1. The third-order valence-corrected chi connectivity index (χ3v) is 4.35. The lowest BCUT2D eigenvalue weighted by Gasteiger charge is -2.38. The number of carbonyl (C=O) groups excluding carboxylic acids is 1. The number of hydrogen-bond donors (Lipinski definition) is 1. The van der Waals surface area contributed by atoms with E-state index in [1.807, 2.05) is 26.0 Å². The lowest BCUT2D eigenvalue weighted by Crippen LogP contribution is -2.50. The van der Waals surface area contributed by atoms with Crippen LogP contribution in [0.15, 0.2) is 18.3 Å². The molecule has 5 heteroatoms. The smallest absolute Gasteiger partial charge is 0.270 e. The second-order valence-electron chi connectivity index (χ2n) is 6.31. The van der Waals surface area contributed by atoms with Gasteiger partial charge in [0.05, 0.1) is 0 Å². The summed E-state index contributed by atoms with van der Waals surface area (Å²) in [6.07, 6.45) is 4.35. The quantitative estimate of drug-likeness (QED) is 0.916. The molecule has 2 aliphatic rings. The Kier molecular flexibility index (Phi) is 4.10. The first-order valence-electron chi connectivity index (χ1n) is 7.89. The van der Waals surface area contributed by atoms with Crippen molar-refractivity contribution in [1.29, 1.82) is 0 Å². The van der Waals surface area contributed by atoms with Gasteiger partial charge in [0, 0.05) is 43.6 Å². The van der Waals surface area contributed by atoms with E-state index in [1.54, 1.807) is 6.20 Å². The molecule has 5 nitrogen and oxygen atoms in total. The average molecular weight is 288 g/mol. The van der Waals surface area contributed by atoms with E-state index in [1.165, 1.54) is 19.4 Å². The van der Waals surface area contributed by atoms with Gasteiger partial charge in [-0.25, -0.2) is 0 Å². The van der Waals surface area contributed by atoms with Crippen molar-refractivity contribution in [2.45, 2.75) is 38.8 Å². The number of anilines is 1. The van der Waals surface area contributed by atoms with Crippen LogP contribution in [0.4, 0.5) is 5.69 Å². The van der Waals surface area contributed by atoms with Gasteiger partial charge in [0.15, 0.2) is 0 Å². The Labute approximate surface area is 126 Å². The number of aromatic nitrogens is 1. The van der Waals surface area contributed by atoms with Gasteiger partial charge in [-0.05, 0) is 45.4 Å². The van der Waals surface area contributed by atoms with Crippen molar-refractivity contribution < 1.29 is 4.79 Å². The van der Waals surface area contributed by atoms with E-state index in [0.717, 1.165) is 25.3 Å². The molecule has 0 spiro atoms. The molecular weight excluding hydrogens is 264 g/mol. The summed E-state index contributed by atoms with van der Waals surface area (Å²) in [5.41, 5.74) is 1.63. The van der Waals surface area contributed by atoms with Crippen LogP contribution in [-0.4, -0.2) is 54.1 Å². The van der Waals surface area contributed by atoms with Crippen molar-refractivity contribution in [3.63, 3.8) is 0 Å². The van der Waals surface area contributed by atoms with Gasteiger partial charge in [0.2, 0.25) is 0 Å². The van der Waals surface area contributed by atoms with Crippen LogP contribution in [0.25, 0.3) is 0 Å². The largest absolute Gasteiger partial charge is 0.369 e. The Hall–Kier alpha value is -1.62. The summed E-state index contributed by atoms with van der Waals surface area (Å²) in [5, 5.41) is 2.90. The van der Waals surface area contributed by atoms with E-state index in [0.29, 0.717) is 11.7 Å². The molecule has 0 saturated carbocycles. The summed E-state index contributed by atoms with van der Waals surface area (Å²) in [6.45, 7) is 8.39. The highest BCUT2D eigenvalue weighted by Gasteiger charge is 2.30. The Morgan fingerprint density at radius 2 is 2.24 bits per heavy atom. The minimum Gasteiger partial charge on any atom is -0.369 e. The van der Waals surface area contributed by atoms with Gasteiger partial charge in [-0.3, -0.25) is 14.7 Å². The van der Waals surface area contributed by atoms with Gasteiger partial charge < -0.3 is 10.2 Å². The van der Waals surface area contributed by atoms with E-state index in [2.05, 4.69) is 20.1 Å². The molecule has 1 aromatic heterocycles. The van der Waals surface area contributed by atoms with Crippen LogP contribution >= 0.6 is 0 Å². The van der Waals surface area contributed by atoms with E-state index in [4.69, 9.17) is 0 Å². The molecule has 1 amide bonds. The molecule has 1 N–H and O–H groups in total. The van der Waals surface area contributed by atoms with Gasteiger partial charge in [0.1, 0.15) is 5.69 Å². The number of amides is 1. The molecule has 2 fully saturated rings. The number of rotatable bonds is 3. The van der Waals surface area contributed by atoms with Crippen LogP contribution in [0.5, 0.6) is 0 Å². The number of hydrogen-bond acceptors (Lipinski definition) is 4. The summed E-state index contributed by atoms with van der Waals surface area (Å²) in [5.74, 6) is -0.0913. The maximum absolute atomic E-state index is 12.1. The summed E-state index contributed by atoms with van der Waals surface area (Å²) in [7, 11) is 0. The van der Waals surface area contributed by atoms with Crippen LogP contribution in [0, 0.1) is 0 Å². The van der Waals surface area contributed by atoms with Crippen molar-refractivity contribution in [2.24, 2.45) is 0 Å². The van der Waals surface area contributed by atoms with Crippen molar-refractivity contribution >= 4 is 11.6 Å². The maximum atomic E-state index is 12.1. The third kappa shape index (κ3) is 3.18. The average Bonchev–Trinajstić information content (AvgIpc) is 2.94. The molecule has 0 aromatic carbocycles. The van der Waals surface area contributed by atoms with Crippen LogP contribution in [0.3, 0.4) is 0 Å². The second kappa shape index (κ2) is 6.02. The molecule has 1 atom stereocenters. The highest BCUT2D eigenvalue weighted by molar-refractivity contribution is 5.93. The molecule has 3 rings (SSSR count). The fraction of sp³-hybridized carbons (Fsp3) is 0.625. The number of pyridine rings is 1. The topological polar surface area (TPSA) is 48.5 Å². The number of nitrogens with one attached hydrogen (secondary N) is 1. The SMILES string of the molecule is CC(C)NC(=O)c1cc(N2CCN3CCC[C@@H]3C2)ccn1. The van der Waals surface area contributed by atoms with E-state index in [9.17, 15) is 4.79 Å². The third-order valence-electron chi connectivity index (χ3n) is 4.35. The molecule has 0 radical (unpaired) electrons. The zero-order valence-corrected chi connectivity index (χ0v) is 12.9. The Balaban J connectivity index is 1.72. The molecule has 3 heterocycles. The molecule has 114 valence electrons. The first-order chi connectivity index (χ1) is 10.1. The van der Waals surface area contributed by atoms with Crippen molar-refractivity contribution in [2.75, 3.05) is 31.1 Å². The van der Waals surface area contributed by atoms with E-state index < -0.39 is 0 Å². The molecule has 2 saturated heterocycles. The predicted molar refractivity (Wildman–Crippen MR) is 83.6 cm³/mol. The number of nitrogens with zero attached hydrogens (tertiary/aromatic N) is 3. The van der Waals surface area contributed by atoms with E-state index in [-0.39, 0.29) is 11.9 Å². The first kappa shape index (κ1) is 14.3. The van der Waals surface area contributed by atoms with Gasteiger partial charge >= 0.3 is 0 Å². The molecule has 0 aliphatic carbocycles. The van der Waals surface area contributed by atoms with Crippen LogP contribution in [0.2, 0.25) is 0 Å². The highest BCUT2D eigenvalue weighted by atomic mass is 16.1. The Morgan fingerprint density at radius 1 is 1.38 bits per heavy atom. The normalized spacial score (nSPS) is 22.4. The zero-order chi connectivity index (χ0) is 14.8. The lowest BCUT2D eigenvalue weighted by atomic mass is 10.1. The monoisotopic (exact) mass is 288 g/mol. The number of fused-ring (bicyclic) bond motifs is 1. The van der Waals surface area contributed by atoms with Crippen molar-refractivity contribution in [1.82, 2.24) is 15.2 Å². The summed E-state index contributed by atoms with van der Waals surface area (Å²) < 4.78 is 0. The molecule has 0 bridgehead atoms. The van der Waals surface area contributed by atoms with Gasteiger partial charge in [-0.1, -0.05) is 0 Å². The van der Waals surface area contributed by atoms with Gasteiger partial charge in [-0.2, -0.15) is 0 Å². The van der Waals surface area contributed by atoms with Crippen LogP contribution in [0.1, 0.15) is 37.2 Å². The minimum absolute atomic E-state index is 0.0913.